The molecule has 6 heteroatoms. The summed E-state index contributed by atoms with van der Waals surface area (Å²) in [4.78, 5) is 2.49. The number of likely N-dealkylation sites (N-methyl/N-ethyl adjacent to an activating group) is 1. The molecule has 2 rings (SSSR count). The molecule has 20 heavy (non-hydrogen) atoms. The van der Waals surface area contributed by atoms with Gasteiger partial charge in [0.05, 0.1) is 6.26 Å². The van der Waals surface area contributed by atoms with Gasteiger partial charge >= 0.3 is 0 Å². The number of hydrogen-bond acceptors (Lipinski definition) is 4. The Kier molecular flexibility index (Phi) is 5.84. The largest absolute Gasteiger partial charge is 0.313 e. The minimum atomic E-state index is -3.02. The lowest BCUT2D eigenvalue weighted by Crippen LogP contribution is -2.45. The third-order valence-corrected chi connectivity index (χ3v) is 5.82. The minimum absolute atomic E-state index is 0.486. The third kappa shape index (κ3) is 4.69. The highest BCUT2D eigenvalue weighted by atomic mass is 32.2. The molecule has 5 nitrogen and oxygen atoms in total. The molecule has 118 valence electrons. The zero-order chi connectivity index (χ0) is 14.6. The summed E-state index contributed by atoms with van der Waals surface area (Å²) in [5, 5.41) is 3.54. The predicted molar refractivity (Wildman–Crippen MR) is 82.3 cm³/mol. The average Bonchev–Trinajstić information content (AvgIpc) is 2.90. The summed E-state index contributed by atoms with van der Waals surface area (Å²) in [5.41, 5.74) is 0. The fourth-order valence-electron chi connectivity index (χ4n) is 3.40. The first-order valence-corrected chi connectivity index (χ1v) is 9.74. The molecule has 2 fully saturated rings. The maximum atomic E-state index is 11.7. The smallest absolute Gasteiger partial charge is 0.211 e. The Hall–Kier alpha value is -0.170. The minimum Gasteiger partial charge on any atom is -0.313 e. The molecule has 2 atom stereocenters. The van der Waals surface area contributed by atoms with Crippen molar-refractivity contribution < 1.29 is 8.42 Å². The highest BCUT2D eigenvalue weighted by Gasteiger charge is 2.27. The van der Waals surface area contributed by atoms with E-state index >= 15 is 0 Å². The number of piperidine rings is 1. The molecule has 0 aromatic rings. The topological polar surface area (TPSA) is 52.7 Å². The molecule has 2 saturated heterocycles. The molecule has 0 aliphatic carbocycles. The van der Waals surface area contributed by atoms with Crippen LogP contribution in [0.15, 0.2) is 0 Å². The molecule has 1 N–H and O–H groups in total. The number of nitrogens with one attached hydrogen (secondary N) is 1. The quantitative estimate of drug-likeness (QED) is 0.786. The van der Waals surface area contributed by atoms with E-state index < -0.39 is 10.0 Å². The first kappa shape index (κ1) is 16.2. The first-order chi connectivity index (χ1) is 9.49. The summed E-state index contributed by atoms with van der Waals surface area (Å²) in [6.45, 7) is 7.93. The van der Waals surface area contributed by atoms with Crippen LogP contribution in [0.1, 0.15) is 32.6 Å². The van der Waals surface area contributed by atoms with Gasteiger partial charge in [0.2, 0.25) is 10.0 Å². The van der Waals surface area contributed by atoms with Gasteiger partial charge in [-0.25, -0.2) is 12.7 Å². The van der Waals surface area contributed by atoms with Crippen molar-refractivity contribution >= 4 is 10.0 Å². The van der Waals surface area contributed by atoms with E-state index in [1.807, 2.05) is 0 Å². The number of sulfonamides is 1. The van der Waals surface area contributed by atoms with Crippen molar-refractivity contribution in [3.05, 3.63) is 0 Å². The van der Waals surface area contributed by atoms with Gasteiger partial charge in [-0.3, -0.25) is 0 Å². The summed E-state index contributed by atoms with van der Waals surface area (Å²) in [7, 11) is -3.02. The molecule has 0 amide bonds. The Balaban J connectivity index is 1.83. The Morgan fingerprint density at radius 1 is 1.25 bits per heavy atom. The van der Waals surface area contributed by atoms with Crippen LogP contribution in [0.4, 0.5) is 0 Å². The van der Waals surface area contributed by atoms with E-state index in [0.29, 0.717) is 25.0 Å². The van der Waals surface area contributed by atoms with Crippen molar-refractivity contribution in [3.63, 3.8) is 0 Å². The average molecular weight is 303 g/mol. The summed E-state index contributed by atoms with van der Waals surface area (Å²) < 4.78 is 25.0. The molecule has 2 aliphatic rings. The lowest BCUT2D eigenvalue weighted by atomic mass is 9.98. The second-order valence-electron chi connectivity index (χ2n) is 6.27. The number of hydrogen-bond donors (Lipinski definition) is 1. The molecule has 0 spiro atoms. The van der Waals surface area contributed by atoms with Crippen molar-refractivity contribution in [2.75, 3.05) is 45.5 Å². The Bertz CT molecular complexity index is 393. The van der Waals surface area contributed by atoms with Gasteiger partial charge < -0.3 is 10.2 Å². The zero-order valence-corrected chi connectivity index (χ0v) is 13.7. The highest BCUT2D eigenvalue weighted by Crippen LogP contribution is 2.20. The van der Waals surface area contributed by atoms with E-state index in [-0.39, 0.29) is 0 Å². The second kappa shape index (κ2) is 7.20. The van der Waals surface area contributed by atoms with E-state index in [0.717, 1.165) is 39.0 Å². The maximum Gasteiger partial charge on any atom is 0.211 e. The SMILES string of the molecule is CCN(CC1CCCN(S(C)(=O)=O)C1)CC1CCCN1. The lowest BCUT2D eigenvalue weighted by Gasteiger charge is -2.35. The normalized spacial score (nSPS) is 29.1. The summed E-state index contributed by atoms with van der Waals surface area (Å²) in [6, 6.07) is 0.629. The van der Waals surface area contributed by atoms with Crippen molar-refractivity contribution in [3.8, 4) is 0 Å². The second-order valence-corrected chi connectivity index (χ2v) is 8.26. The van der Waals surface area contributed by atoms with Crippen LogP contribution in [0.25, 0.3) is 0 Å². The van der Waals surface area contributed by atoms with Crippen LogP contribution in [0.5, 0.6) is 0 Å². The van der Waals surface area contributed by atoms with Crippen molar-refractivity contribution in [1.82, 2.24) is 14.5 Å². The van der Waals surface area contributed by atoms with E-state index in [1.165, 1.54) is 19.1 Å². The monoisotopic (exact) mass is 303 g/mol. The molecule has 0 bridgehead atoms. The van der Waals surface area contributed by atoms with Gasteiger partial charge in [-0.2, -0.15) is 0 Å². The van der Waals surface area contributed by atoms with Gasteiger partial charge in [0, 0.05) is 32.2 Å². The standard InChI is InChI=1S/C14H29N3O2S/c1-3-16(12-14-7-4-8-15-14)10-13-6-5-9-17(11-13)20(2,18)19/h13-15H,3-12H2,1-2H3. The van der Waals surface area contributed by atoms with Gasteiger partial charge in [-0.1, -0.05) is 6.92 Å². The van der Waals surface area contributed by atoms with Crippen molar-refractivity contribution in [2.24, 2.45) is 5.92 Å². The number of nitrogens with zero attached hydrogens (tertiary/aromatic N) is 2. The molecule has 0 aromatic carbocycles. The first-order valence-electron chi connectivity index (χ1n) is 7.90. The van der Waals surface area contributed by atoms with Gasteiger partial charge in [-0.15, -0.1) is 0 Å². The molecule has 0 aromatic heterocycles. The summed E-state index contributed by atoms with van der Waals surface area (Å²) in [6.07, 6.45) is 6.04. The molecule has 2 heterocycles. The van der Waals surface area contributed by atoms with Crippen LogP contribution < -0.4 is 5.32 Å². The highest BCUT2D eigenvalue weighted by molar-refractivity contribution is 7.88. The fourth-order valence-corrected chi connectivity index (χ4v) is 4.34. The number of rotatable bonds is 6. The Morgan fingerprint density at radius 3 is 2.65 bits per heavy atom. The lowest BCUT2D eigenvalue weighted by molar-refractivity contribution is 0.174. The fraction of sp³-hybridized carbons (Fsp3) is 1.00. The van der Waals surface area contributed by atoms with Gasteiger partial charge in [-0.05, 0) is 44.7 Å². The molecular weight excluding hydrogens is 274 g/mol. The predicted octanol–water partition coefficient (Wildman–Crippen LogP) is 0.732. The van der Waals surface area contributed by atoms with Crippen LogP contribution in [-0.2, 0) is 10.0 Å². The van der Waals surface area contributed by atoms with Crippen LogP contribution in [0.2, 0.25) is 0 Å². The van der Waals surface area contributed by atoms with Gasteiger partial charge in [0.1, 0.15) is 0 Å². The van der Waals surface area contributed by atoms with E-state index in [1.54, 1.807) is 4.31 Å². The molecular formula is C14H29N3O2S. The van der Waals surface area contributed by atoms with Crippen LogP contribution in [0.3, 0.4) is 0 Å². The van der Waals surface area contributed by atoms with Gasteiger partial charge in [0.25, 0.3) is 0 Å². The van der Waals surface area contributed by atoms with Crippen LogP contribution >= 0.6 is 0 Å². The Morgan fingerprint density at radius 2 is 2.05 bits per heavy atom. The van der Waals surface area contributed by atoms with E-state index in [2.05, 4.69) is 17.1 Å². The summed E-state index contributed by atoms with van der Waals surface area (Å²) >= 11 is 0. The van der Waals surface area contributed by atoms with E-state index in [9.17, 15) is 8.42 Å². The molecule has 0 radical (unpaired) electrons. The summed E-state index contributed by atoms with van der Waals surface area (Å²) in [5.74, 6) is 0.486. The third-order valence-electron chi connectivity index (χ3n) is 4.56. The van der Waals surface area contributed by atoms with Gasteiger partial charge in [0.15, 0.2) is 0 Å². The molecule has 2 aliphatic heterocycles. The van der Waals surface area contributed by atoms with Crippen LogP contribution in [-0.4, -0.2) is 69.2 Å². The maximum absolute atomic E-state index is 11.7. The molecule has 2 unspecified atom stereocenters. The van der Waals surface area contributed by atoms with Crippen molar-refractivity contribution in [1.29, 1.82) is 0 Å². The zero-order valence-electron chi connectivity index (χ0n) is 12.8. The Labute approximate surface area is 123 Å². The molecule has 0 saturated carbocycles. The van der Waals surface area contributed by atoms with E-state index in [4.69, 9.17) is 0 Å². The van der Waals surface area contributed by atoms with Crippen LogP contribution in [0, 0.1) is 5.92 Å². The van der Waals surface area contributed by atoms with Crippen molar-refractivity contribution in [2.45, 2.75) is 38.6 Å².